The van der Waals surface area contributed by atoms with E-state index in [-0.39, 0.29) is 0 Å². The molecule has 1 fully saturated rings. The van der Waals surface area contributed by atoms with Crippen LogP contribution >= 0.6 is 0 Å². The second-order valence-corrected chi connectivity index (χ2v) is 7.13. The van der Waals surface area contributed by atoms with E-state index in [1.165, 1.54) is 27.8 Å². The van der Waals surface area contributed by atoms with E-state index in [0.717, 1.165) is 30.1 Å². The highest BCUT2D eigenvalue weighted by molar-refractivity contribution is 5.87. The number of nitrogens with zero attached hydrogens (tertiary/aromatic N) is 4. The fraction of sp³-hybridized carbons (Fsp3) is 0.400. The molecule has 2 aromatic heterocycles. The SMILES string of the molecule is Cc1cc(C)n(C2CN(c3cc(C)c4ccc(C)c(C)c4n3)C2)n1. The number of anilines is 1. The zero-order valence-corrected chi connectivity index (χ0v) is 15.1. The minimum absolute atomic E-state index is 0.454. The first-order chi connectivity index (χ1) is 11.4. The Morgan fingerprint density at radius 2 is 1.71 bits per heavy atom. The first-order valence-electron chi connectivity index (χ1n) is 8.59. The third kappa shape index (κ3) is 2.29. The normalized spacial score (nSPS) is 15.1. The molecule has 1 aromatic carbocycles. The van der Waals surface area contributed by atoms with Gasteiger partial charge in [-0.05, 0) is 63.4 Å². The maximum atomic E-state index is 4.97. The van der Waals surface area contributed by atoms with E-state index in [1.807, 2.05) is 0 Å². The molecule has 124 valence electrons. The lowest BCUT2D eigenvalue weighted by atomic mass is 10.0. The smallest absolute Gasteiger partial charge is 0.129 e. The van der Waals surface area contributed by atoms with Crippen LogP contribution in [0, 0.1) is 34.6 Å². The summed E-state index contributed by atoms with van der Waals surface area (Å²) in [6, 6.07) is 9.20. The van der Waals surface area contributed by atoms with E-state index < -0.39 is 0 Å². The van der Waals surface area contributed by atoms with Crippen LogP contribution in [0.4, 0.5) is 5.82 Å². The molecule has 4 heteroatoms. The molecule has 0 N–H and O–H groups in total. The summed E-state index contributed by atoms with van der Waals surface area (Å²) >= 11 is 0. The van der Waals surface area contributed by atoms with Gasteiger partial charge in [-0.1, -0.05) is 12.1 Å². The number of hydrogen-bond acceptors (Lipinski definition) is 3. The molecule has 0 aliphatic carbocycles. The fourth-order valence-electron chi connectivity index (χ4n) is 3.66. The summed E-state index contributed by atoms with van der Waals surface area (Å²) in [4.78, 5) is 7.33. The van der Waals surface area contributed by atoms with Crippen LogP contribution in [0.1, 0.15) is 34.1 Å². The highest BCUT2D eigenvalue weighted by Crippen LogP contribution is 2.31. The number of benzene rings is 1. The Labute approximate surface area is 143 Å². The molecule has 0 radical (unpaired) electrons. The highest BCUT2D eigenvalue weighted by Gasteiger charge is 2.31. The number of aryl methyl sites for hydroxylation is 5. The molecule has 1 aliphatic rings. The van der Waals surface area contributed by atoms with Gasteiger partial charge in [0.15, 0.2) is 0 Å². The van der Waals surface area contributed by atoms with Crippen LogP contribution in [0.15, 0.2) is 24.3 Å². The molecule has 1 aliphatic heterocycles. The number of hydrogen-bond donors (Lipinski definition) is 0. The largest absolute Gasteiger partial charge is 0.352 e. The molecule has 0 spiro atoms. The summed E-state index contributed by atoms with van der Waals surface area (Å²) < 4.78 is 2.16. The van der Waals surface area contributed by atoms with Crippen LogP contribution in [0.3, 0.4) is 0 Å². The molecule has 4 nitrogen and oxygen atoms in total. The molecule has 0 unspecified atom stereocenters. The lowest BCUT2D eigenvalue weighted by molar-refractivity contribution is 0.359. The minimum Gasteiger partial charge on any atom is -0.352 e. The Bertz CT molecular complexity index is 932. The Balaban J connectivity index is 1.64. The van der Waals surface area contributed by atoms with Gasteiger partial charge in [0.2, 0.25) is 0 Å². The Hall–Kier alpha value is -2.36. The highest BCUT2D eigenvalue weighted by atomic mass is 15.4. The van der Waals surface area contributed by atoms with Crippen LogP contribution in [0.5, 0.6) is 0 Å². The van der Waals surface area contributed by atoms with Crippen LogP contribution < -0.4 is 4.90 Å². The summed E-state index contributed by atoms with van der Waals surface area (Å²) in [7, 11) is 0. The van der Waals surface area contributed by atoms with E-state index in [1.54, 1.807) is 0 Å². The van der Waals surface area contributed by atoms with Crippen molar-refractivity contribution in [2.45, 2.75) is 40.7 Å². The van der Waals surface area contributed by atoms with Crippen LogP contribution in [0.2, 0.25) is 0 Å². The number of pyridine rings is 1. The van der Waals surface area contributed by atoms with E-state index in [0.29, 0.717) is 6.04 Å². The van der Waals surface area contributed by atoms with Crippen molar-refractivity contribution in [1.29, 1.82) is 0 Å². The predicted octanol–water partition coefficient (Wildman–Crippen LogP) is 4.03. The van der Waals surface area contributed by atoms with E-state index in [9.17, 15) is 0 Å². The van der Waals surface area contributed by atoms with Crippen molar-refractivity contribution in [1.82, 2.24) is 14.8 Å². The van der Waals surface area contributed by atoms with Crippen LogP contribution in [-0.2, 0) is 0 Å². The molecule has 1 saturated heterocycles. The molecule has 0 amide bonds. The summed E-state index contributed by atoms with van der Waals surface area (Å²) in [5.41, 5.74) is 7.36. The Kier molecular flexibility index (Phi) is 3.37. The Morgan fingerprint density at radius 1 is 0.958 bits per heavy atom. The average molecular weight is 320 g/mol. The monoisotopic (exact) mass is 320 g/mol. The summed E-state index contributed by atoms with van der Waals surface area (Å²) in [5.74, 6) is 1.09. The Morgan fingerprint density at radius 3 is 2.38 bits per heavy atom. The van der Waals surface area contributed by atoms with E-state index in [2.05, 4.69) is 73.6 Å². The van der Waals surface area contributed by atoms with Gasteiger partial charge in [-0.25, -0.2) is 4.98 Å². The second-order valence-electron chi connectivity index (χ2n) is 7.13. The van der Waals surface area contributed by atoms with Gasteiger partial charge in [0.25, 0.3) is 0 Å². The van der Waals surface area contributed by atoms with Crippen molar-refractivity contribution >= 4 is 16.7 Å². The van der Waals surface area contributed by atoms with Gasteiger partial charge < -0.3 is 4.90 Å². The maximum Gasteiger partial charge on any atom is 0.129 e. The van der Waals surface area contributed by atoms with Crippen molar-refractivity contribution in [2.75, 3.05) is 18.0 Å². The first-order valence-corrected chi connectivity index (χ1v) is 8.59. The zero-order valence-electron chi connectivity index (χ0n) is 15.1. The van der Waals surface area contributed by atoms with Crippen LogP contribution in [-0.4, -0.2) is 27.9 Å². The molecule has 0 saturated carbocycles. The molecule has 3 heterocycles. The molecule has 0 atom stereocenters. The molecule has 0 bridgehead atoms. The minimum atomic E-state index is 0.454. The van der Waals surface area contributed by atoms with Crippen molar-refractivity contribution < 1.29 is 0 Å². The lowest BCUT2D eigenvalue weighted by Gasteiger charge is -2.40. The van der Waals surface area contributed by atoms with Gasteiger partial charge in [-0.3, -0.25) is 4.68 Å². The third-order valence-electron chi connectivity index (χ3n) is 5.28. The van der Waals surface area contributed by atoms with Gasteiger partial charge in [0.1, 0.15) is 5.82 Å². The lowest BCUT2D eigenvalue weighted by Crippen LogP contribution is -2.48. The number of rotatable bonds is 2. The number of fused-ring (bicyclic) bond motifs is 1. The molecular weight excluding hydrogens is 296 g/mol. The van der Waals surface area contributed by atoms with Crippen molar-refractivity contribution in [3.8, 4) is 0 Å². The third-order valence-corrected chi connectivity index (χ3v) is 5.28. The summed E-state index contributed by atoms with van der Waals surface area (Å²) in [6.45, 7) is 12.6. The van der Waals surface area contributed by atoms with Crippen molar-refractivity contribution in [3.05, 3.63) is 52.3 Å². The van der Waals surface area contributed by atoms with Gasteiger partial charge >= 0.3 is 0 Å². The van der Waals surface area contributed by atoms with Gasteiger partial charge in [-0.2, -0.15) is 5.10 Å². The zero-order chi connectivity index (χ0) is 17.0. The summed E-state index contributed by atoms with van der Waals surface area (Å²) in [5, 5.41) is 5.88. The number of aromatic nitrogens is 3. The van der Waals surface area contributed by atoms with Crippen molar-refractivity contribution in [3.63, 3.8) is 0 Å². The van der Waals surface area contributed by atoms with Gasteiger partial charge in [0, 0.05) is 24.2 Å². The first kappa shape index (κ1) is 15.2. The molecule has 4 rings (SSSR count). The fourth-order valence-corrected chi connectivity index (χ4v) is 3.66. The molecular formula is C20H24N4. The summed E-state index contributed by atoms with van der Waals surface area (Å²) in [6.07, 6.45) is 0. The standard InChI is InChI=1S/C20H24N4/c1-12-6-7-18-13(2)8-19(21-20(18)16(12)5)23-10-17(11-23)24-15(4)9-14(3)22-24/h6-9,17H,10-11H2,1-5H3. The van der Waals surface area contributed by atoms with Crippen LogP contribution in [0.25, 0.3) is 10.9 Å². The quantitative estimate of drug-likeness (QED) is 0.715. The van der Waals surface area contributed by atoms with Gasteiger partial charge in [-0.15, -0.1) is 0 Å². The second kappa shape index (κ2) is 5.33. The van der Waals surface area contributed by atoms with Crippen molar-refractivity contribution in [2.24, 2.45) is 0 Å². The molecule has 3 aromatic rings. The predicted molar refractivity (Wildman–Crippen MR) is 98.9 cm³/mol. The van der Waals surface area contributed by atoms with Gasteiger partial charge in [0.05, 0.1) is 17.3 Å². The molecule has 24 heavy (non-hydrogen) atoms. The van der Waals surface area contributed by atoms with E-state index >= 15 is 0 Å². The topological polar surface area (TPSA) is 34.0 Å². The average Bonchev–Trinajstić information content (AvgIpc) is 2.80. The maximum absolute atomic E-state index is 4.97. The van der Waals surface area contributed by atoms with E-state index in [4.69, 9.17) is 4.98 Å².